The Labute approximate surface area is 120 Å². The van der Waals surface area contributed by atoms with Crippen molar-refractivity contribution in [2.45, 2.75) is 26.4 Å². The highest BCUT2D eigenvalue weighted by molar-refractivity contribution is 6.36. The van der Waals surface area contributed by atoms with E-state index in [0.717, 1.165) is 0 Å². The maximum atomic E-state index is 11.4. The smallest absolute Gasteiger partial charge is 0.271 e. The summed E-state index contributed by atoms with van der Waals surface area (Å²) in [7, 11) is 0. The molecule has 0 heterocycles. The highest BCUT2D eigenvalue weighted by Gasteiger charge is 2.23. The van der Waals surface area contributed by atoms with E-state index in [0.29, 0.717) is 16.3 Å². The molecule has 0 aliphatic rings. The van der Waals surface area contributed by atoms with Crippen LogP contribution < -0.4 is 5.43 Å². The van der Waals surface area contributed by atoms with Gasteiger partial charge in [-0.2, -0.15) is 5.10 Å². The maximum Gasteiger partial charge on any atom is 0.271 e. The van der Waals surface area contributed by atoms with Gasteiger partial charge in [0.25, 0.3) is 5.91 Å². The van der Waals surface area contributed by atoms with Gasteiger partial charge in [-0.25, -0.2) is 5.43 Å². The third kappa shape index (κ3) is 4.09. The highest BCUT2D eigenvalue weighted by atomic mass is 35.5. The number of carbonyl (C=O) groups is 1. The van der Waals surface area contributed by atoms with Crippen LogP contribution in [0.5, 0.6) is 5.75 Å². The van der Waals surface area contributed by atoms with Crippen LogP contribution in [0.15, 0.2) is 17.2 Å². The van der Waals surface area contributed by atoms with Crippen molar-refractivity contribution in [3.05, 3.63) is 27.7 Å². The van der Waals surface area contributed by atoms with E-state index in [9.17, 15) is 15.0 Å². The molecule has 1 aromatic rings. The van der Waals surface area contributed by atoms with Crippen LogP contribution in [0.2, 0.25) is 10.0 Å². The fourth-order valence-corrected chi connectivity index (χ4v) is 1.67. The number of nitrogens with zero attached hydrogens (tertiary/aromatic N) is 1. The fourth-order valence-electron chi connectivity index (χ4n) is 1.17. The van der Waals surface area contributed by atoms with Crippen molar-refractivity contribution >= 4 is 34.8 Å². The number of hydrazone groups is 1. The van der Waals surface area contributed by atoms with Gasteiger partial charge >= 0.3 is 0 Å². The minimum atomic E-state index is -1.54. The van der Waals surface area contributed by atoms with Crippen molar-refractivity contribution in [3.8, 4) is 5.75 Å². The van der Waals surface area contributed by atoms with Crippen LogP contribution in [0.25, 0.3) is 0 Å². The Morgan fingerprint density at radius 1 is 1.37 bits per heavy atom. The molecule has 3 N–H and O–H groups in total. The predicted molar refractivity (Wildman–Crippen MR) is 74.8 cm³/mol. The zero-order valence-electron chi connectivity index (χ0n) is 10.7. The molecule has 1 aromatic carbocycles. The van der Waals surface area contributed by atoms with Crippen molar-refractivity contribution in [1.29, 1.82) is 0 Å². The van der Waals surface area contributed by atoms with Gasteiger partial charge < -0.3 is 10.2 Å². The van der Waals surface area contributed by atoms with Crippen LogP contribution in [-0.4, -0.2) is 27.4 Å². The van der Waals surface area contributed by atoms with Crippen LogP contribution in [-0.2, 0) is 4.79 Å². The lowest BCUT2D eigenvalue weighted by Gasteiger charge is -2.14. The normalized spacial score (nSPS) is 12.4. The molecular weight excluding hydrogens is 291 g/mol. The molecule has 7 heteroatoms. The van der Waals surface area contributed by atoms with Crippen LogP contribution in [0.1, 0.15) is 26.3 Å². The van der Waals surface area contributed by atoms with Gasteiger partial charge in [0.15, 0.2) is 0 Å². The lowest BCUT2D eigenvalue weighted by molar-refractivity contribution is -0.136. The molecule has 0 aliphatic heterocycles. The molecule has 0 atom stereocenters. The number of benzene rings is 1. The monoisotopic (exact) mass is 304 g/mol. The molecule has 0 bridgehead atoms. The van der Waals surface area contributed by atoms with Gasteiger partial charge in [-0.05, 0) is 32.9 Å². The third-order valence-electron chi connectivity index (χ3n) is 2.30. The molecule has 1 rings (SSSR count). The maximum absolute atomic E-state index is 11.4. The second-order valence-corrected chi connectivity index (χ2v) is 5.32. The summed E-state index contributed by atoms with van der Waals surface area (Å²) in [6, 6.07) is 2.86. The van der Waals surface area contributed by atoms with Crippen molar-refractivity contribution < 1.29 is 15.0 Å². The van der Waals surface area contributed by atoms with Crippen LogP contribution in [0.3, 0.4) is 0 Å². The number of halogens is 2. The Morgan fingerprint density at radius 2 is 1.95 bits per heavy atom. The van der Waals surface area contributed by atoms with Crippen molar-refractivity contribution in [2.75, 3.05) is 0 Å². The van der Waals surface area contributed by atoms with E-state index in [1.165, 1.54) is 26.0 Å². The molecule has 0 unspecified atom stereocenters. The van der Waals surface area contributed by atoms with Crippen molar-refractivity contribution in [2.24, 2.45) is 5.10 Å². The van der Waals surface area contributed by atoms with Gasteiger partial charge in [0, 0.05) is 10.6 Å². The number of aliphatic hydroxyl groups is 1. The van der Waals surface area contributed by atoms with Gasteiger partial charge in [0.1, 0.15) is 11.4 Å². The summed E-state index contributed by atoms with van der Waals surface area (Å²) in [5, 5.41) is 23.4. The number of amides is 1. The number of hydrogen-bond donors (Lipinski definition) is 3. The lowest BCUT2D eigenvalue weighted by atomic mass is 10.1. The minimum absolute atomic E-state index is 0.0888. The molecular formula is C12H14Cl2N2O3. The Morgan fingerprint density at radius 3 is 2.47 bits per heavy atom. The van der Waals surface area contributed by atoms with Gasteiger partial charge in [-0.15, -0.1) is 0 Å². The second kappa shape index (κ2) is 5.77. The molecule has 0 fully saturated rings. The van der Waals surface area contributed by atoms with Crippen LogP contribution in [0.4, 0.5) is 0 Å². The Kier molecular flexibility index (Phi) is 4.79. The van der Waals surface area contributed by atoms with E-state index in [-0.39, 0.29) is 10.8 Å². The number of rotatable bonds is 3. The second-order valence-electron chi connectivity index (χ2n) is 4.48. The predicted octanol–water partition coefficient (Wildman–Crippen LogP) is 2.31. The first-order valence-electron chi connectivity index (χ1n) is 5.38. The number of aromatic hydroxyl groups is 1. The van der Waals surface area contributed by atoms with Gasteiger partial charge in [0.2, 0.25) is 0 Å². The van der Waals surface area contributed by atoms with Crippen molar-refractivity contribution in [1.82, 2.24) is 5.43 Å². The summed E-state index contributed by atoms with van der Waals surface area (Å²) in [6.45, 7) is 4.23. The zero-order chi connectivity index (χ0) is 14.8. The van der Waals surface area contributed by atoms with Crippen LogP contribution >= 0.6 is 23.2 Å². The Balaban J connectivity index is 3.01. The van der Waals surface area contributed by atoms with Gasteiger partial charge in [-0.1, -0.05) is 23.2 Å². The summed E-state index contributed by atoms with van der Waals surface area (Å²) >= 11 is 11.6. The standard InChI is InChI=1S/C12H14Cl2N2O3/c1-6(15-16-11(18)12(2,3)19)8-4-7(13)5-9(14)10(8)17/h4-5,17,19H,1-3H3,(H,16,18)/b15-6-. The van der Waals surface area contributed by atoms with Gasteiger partial charge in [0.05, 0.1) is 10.7 Å². The minimum Gasteiger partial charge on any atom is -0.506 e. The molecule has 19 heavy (non-hydrogen) atoms. The number of hydrogen-bond acceptors (Lipinski definition) is 4. The van der Waals surface area contributed by atoms with E-state index < -0.39 is 11.5 Å². The first-order chi connectivity index (χ1) is 8.62. The Bertz CT molecular complexity index is 537. The summed E-state index contributed by atoms with van der Waals surface area (Å²) in [4.78, 5) is 11.4. The quantitative estimate of drug-likeness (QED) is 0.592. The average molecular weight is 305 g/mol. The number of phenols is 1. The molecule has 5 nitrogen and oxygen atoms in total. The molecule has 0 spiro atoms. The van der Waals surface area contributed by atoms with Crippen molar-refractivity contribution in [3.63, 3.8) is 0 Å². The summed E-state index contributed by atoms with van der Waals surface area (Å²) in [5.41, 5.74) is 1.25. The molecule has 0 saturated carbocycles. The molecule has 1 amide bonds. The third-order valence-corrected chi connectivity index (χ3v) is 2.81. The average Bonchev–Trinajstić information content (AvgIpc) is 2.28. The molecule has 0 aromatic heterocycles. The largest absolute Gasteiger partial charge is 0.506 e. The summed E-state index contributed by atoms with van der Waals surface area (Å²) in [6.07, 6.45) is 0. The molecule has 104 valence electrons. The zero-order valence-corrected chi connectivity index (χ0v) is 12.2. The van der Waals surface area contributed by atoms with E-state index in [4.69, 9.17) is 23.2 Å². The number of nitrogens with one attached hydrogen (secondary N) is 1. The van der Waals surface area contributed by atoms with Gasteiger partial charge in [-0.3, -0.25) is 4.79 Å². The topological polar surface area (TPSA) is 81.9 Å². The van der Waals surface area contributed by atoms with E-state index in [1.807, 2.05) is 0 Å². The Hall–Kier alpha value is -1.30. The number of carbonyl (C=O) groups excluding carboxylic acids is 1. The molecule has 0 radical (unpaired) electrons. The van der Waals surface area contributed by atoms with E-state index >= 15 is 0 Å². The lowest BCUT2D eigenvalue weighted by Crippen LogP contribution is -2.39. The SMILES string of the molecule is C/C(=N/NC(=O)C(C)(C)O)c1cc(Cl)cc(Cl)c1O. The van der Waals surface area contributed by atoms with Crippen LogP contribution in [0, 0.1) is 0 Å². The first-order valence-corrected chi connectivity index (χ1v) is 6.14. The molecule has 0 saturated heterocycles. The van der Waals surface area contributed by atoms with E-state index in [2.05, 4.69) is 10.5 Å². The first kappa shape index (κ1) is 15.8. The fraction of sp³-hybridized carbons (Fsp3) is 0.333. The van der Waals surface area contributed by atoms with E-state index in [1.54, 1.807) is 6.92 Å². The molecule has 0 aliphatic carbocycles. The highest BCUT2D eigenvalue weighted by Crippen LogP contribution is 2.31. The number of phenolic OH excluding ortho intramolecular Hbond substituents is 1. The summed E-state index contributed by atoms with van der Waals surface area (Å²) < 4.78 is 0. The summed E-state index contributed by atoms with van der Waals surface area (Å²) in [5.74, 6) is -0.843.